The van der Waals surface area contributed by atoms with E-state index in [9.17, 15) is 17.9 Å². The Balaban J connectivity index is 2.03. The average molecular weight is 380 g/mol. The second kappa shape index (κ2) is 6.73. The van der Waals surface area contributed by atoms with E-state index in [4.69, 9.17) is 0 Å². The van der Waals surface area contributed by atoms with E-state index in [-0.39, 0.29) is 11.7 Å². The summed E-state index contributed by atoms with van der Waals surface area (Å²) in [6, 6.07) is 4.19. The zero-order valence-electron chi connectivity index (χ0n) is 11.8. The fourth-order valence-corrected chi connectivity index (χ4v) is 4.29. The molecule has 1 aromatic rings. The summed E-state index contributed by atoms with van der Waals surface area (Å²) in [4.78, 5) is 0. The van der Waals surface area contributed by atoms with Crippen molar-refractivity contribution in [1.29, 1.82) is 0 Å². The van der Waals surface area contributed by atoms with E-state index in [2.05, 4.69) is 15.9 Å². The molecule has 4 nitrogen and oxygen atoms in total. The van der Waals surface area contributed by atoms with Crippen molar-refractivity contribution in [2.24, 2.45) is 5.92 Å². The molecule has 0 amide bonds. The summed E-state index contributed by atoms with van der Waals surface area (Å²) in [5.41, 5.74) is 0.632. The lowest BCUT2D eigenvalue weighted by Crippen LogP contribution is -2.39. The molecule has 0 saturated carbocycles. The highest BCUT2D eigenvalue weighted by molar-refractivity contribution is 9.10. The van der Waals surface area contributed by atoms with Crippen molar-refractivity contribution < 1.29 is 17.9 Å². The van der Waals surface area contributed by atoms with Crippen LogP contribution < -0.4 is 0 Å². The maximum atomic E-state index is 13.1. The van der Waals surface area contributed by atoms with Crippen LogP contribution in [0.25, 0.3) is 0 Å². The predicted molar refractivity (Wildman–Crippen MR) is 82.8 cm³/mol. The van der Waals surface area contributed by atoms with Gasteiger partial charge in [0.1, 0.15) is 5.82 Å². The summed E-state index contributed by atoms with van der Waals surface area (Å²) in [7, 11) is -3.18. The van der Waals surface area contributed by atoms with Gasteiger partial charge in [-0.3, -0.25) is 0 Å². The van der Waals surface area contributed by atoms with Crippen molar-refractivity contribution in [2.75, 3.05) is 19.3 Å². The van der Waals surface area contributed by atoms with E-state index in [1.165, 1.54) is 22.7 Å². The molecule has 0 aromatic heterocycles. The summed E-state index contributed by atoms with van der Waals surface area (Å²) < 4.78 is 38.3. The van der Waals surface area contributed by atoms with E-state index in [0.717, 1.165) is 12.8 Å². The molecule has 2 atom stereocenters. The first-order valence-electron chi connectivity index (χ1n) is 6.85. The largest absolute Gasteiger partial charge is 0.388 e. The number of halogens is 2. The third kappa shape index (κ3) is 4.48. The van der Waals surface area contributed by atoms with Crippen LogP contribution in [0, 0.1) is 11.7 Å². The second-order valence-corrected chi connectivity index (χ2v) is 8.38. The Kier molecular flexibility index (Phi) is 5.40. The molecule has 1 fully saturated rings. The first-order chi connectivity index (χ1) is 9.77. The molecule has 118 valence electrons. The van der Waals surface area contributed by atoms with Crippen LogP contribution in [0.2, 0.25) is 0 Å². The van der Waals surface area contributed by atoms with Crippen molar-refractivity contribution in [3.05, 3.63) is 34.1 Å². The molecule has 1 saturated heterocycles. The molecule has 1 aliphatic heterocycles. The molecule has 0 aliphatic carbocycles. The van der Waals surface area contributed by atoms with Gasteiger partial charge in [0.25, 0.3) is 0 Å². The Morgan fingerprint density at radius 3 is 2.86 bits per heavy atom. The highest BCUT2D eigenvalue weighted by Gasteiger charge is 2.28. The van der Waals surface area contributed by atoms with Gasteiger partial charge in [0.2, 0.25) is 10.0 Å². The maximum Gasteiger partial charge on any atom is 0.211 e. The number of hydrogen-bond donors (Lipinski definition) is 1. The standard InChI is InChI=1S/C14H19BrFNO3S/c1-21(19,20)17-6-2-3-10(9-17)7-14(18)12-5-4-11(16)8-13(12)15/h4-5,8,10,14,18H,2-3,6-7,9H2,1H3. The van der Waals surface area contributed by atoms with Gasteiger partial charge in [-0.25, -0.2) is 17.1 Å². The Morgan fingerprint density at radius 2 is 2.24 bits per heavy atom. The van der Waals surface area contributed by atoms with E-state index < -0.39 is 16.1 Å². The van der Waals surface area contributed by atoms with Crippen molar-refractivity contribution in [3.8, 4) is 0 Å². The predicted octanol–water partition coefficient (Wildman–Crippen LogP) is 2.68. The molecule has 1 N–H and O–H groups in total. The van der Waals surface area contributed by atoms with Gasteiger partial charge in [-0.1, -0.05) is 22.0 Å². The zero-order chi connectivity index (χ0) is 15.6. The minimum Gasteiger partial charge on any atom is -0.388 e. The van der Waals surface area contributed by atoms with Crippen molar-refractivity contribution in [1.82, 2.24) is 4.31 Å². The van der Waals surface area contributed by atoms with Crippen molar-refractivity contribution in [3.63, 3.8) is 0 Å². The molecular weight excluding hydrogens is 361 g/mol. The number of aliphatic hydroxyl groups excluding tert-OH is 1. The molecule has 1 aromatic carbocycles. The fraction of sp³-hybridized carbons (Fsp3) is 0.571. The molecule has 21 heavy (non-hydrogen) atoms. The number of piperidine rings is 1. The lowest BCUT2D eigenvalue weighted by molar-refractivity contribution is 0.122. The number of nitrogens with zero attached hydrogens (tertiary/aromatic N) is 1. The molecule has 0 spiro atoms. The lowest BCUT2D eigenvalue weighted by atomic mass is 9.91. The summed E-state index contributed by atoms with van der Waals surface area (Å²) in [6.45, 7) is 0.986. The first kappa shape index (κ1) is 16.9. The van der Waals surface area contributed by atoms with Crippen LogP contribution in [0.1, 0.15) is 30.9 Å². The lowest BCUT2D eigenvalue weighted by Gasteiger charge is -2.32. The summed E-state index contributed by atoms with van der Waals surface area (Å²) in [6.07, 6.45) is 2.64. The van der Waals surface area contributed by atoms with Crippen LogP contribution in [-0.4, -0.2) is 37.2 Å². The van der Waals surface area contributed by atoms with Crippen molar-refractivity contribution >= 4 is 26.0 Å². The SMILES string of the molecule is CS(=O)(=O)N1CCCC(CC(O)c2ccc(F)cc2Br)C1. The highest BCUT2D eigenvalue weighted by atomic mass is 79.9. The molecule has 0 radical (unpaired) electrons. The second-order valence-electron chi connectivity index (χ2n) is 5.55. The Bertz CT molecular complexity index is 608. The van der Waals surface area contributed by atoms with Gasteiger partial charge in [0.15, 0.2) is 0 Å². The van der Waals surface area contributed by atoms with Crippen LogP contribution in [-0.2, 0) is 10.0 Å². The van der Waals surface area contributed by atoms with Crippen molar-refractivity contribution in [2.45, 2.75) is 25.4 Å². The van der Waals surface area contributed by atoms with Gasteiger partial charge in [0, 0.05) is 17.6 Å². The topological polar surface area (TPSA) is 57.6 Å². The zero-order valence-corrected chi connectivity index (χ0v) is 14.2. The van der Waals surface area contributed by atoms with Gasteiger partial charge >= 0.3 is 0 Å². The van der Waals surface area contributed by atoms with Crippen LogP contribution in [0.3, 0.4) is 0 Å². The van der Waals surface area contributed by atoms with Gasteiger partial charge in [-0.05, 0) is 42.9 Å². The van der Waals surface area contributed by atoms with Gasteiger partial charge in [-0.2, -0.15) is 0 Å². The van der Waals surface area contributed by atoms with Gasteiger partial charge < -0.3 is 5.11 Å². The average Bonchev–Trinajstić information content (AvgIpc) is 2.37. The Hall–Kier alpha value is -0.500. The van der Waals surface area contributed by atoms with E-state index in [0.29, 0.717) is 29.5 Å². The maximum absolute atomic E-state index is 13.1. The third-order valence-corrected chi connectivity index (χ3v) is 5.79. The van der Waals surface area contributed by atoms with E-state index in [1.54, 1.807) is 6.07 Å². The first-order valence-corrected chi connectivity index (χ1v) is 9.49. The molecule has 7 heteroatoms. The van der Waals surface area contributed by atoms with Crippen LogP contribution in [0.15, 0.2) is 22.7 Å². The molecule has 1 aliphatic rings. The minimum atomic E-state index is -3.18. The monoisotopic (exact) mass is 379 g/mol. The number of rotatable bonds is 4. The number of benzene rings is 1. The third-order valence-electron chi connectivity index (χ3n) is 3.83. The van der Waals surface area contributed by atoms with E-state index >= 15 is 0 Å². The van der Waals surface area contributed by atoms with Crippen LogP contribution in [0.5, 0.6) is 0 Å². The van der Waals surface area contributed by atoms with Gasteiger partial charge in [-0.15, -0.1) is 0 Å². The van der Waals surface area contributed by atoms with Crippen LogP contribution >= 0.6 is 15.9 Å². The minimum absolute atomic E-state index is 0.112. The quantitative estimate of drug-likeness (QED) is 0.874. The molecular formula is C14H19BrFNO3S. The summed E-state index contributed by atoms with van der Waals surface area (Å²) in [5, 5.41) is 10.3. The smallest absolute Gasteiger partial charge is 0.211 e. The number of hydrogen-bond acceptors (Lipinski definition) is 3. The Labute approximate surface area is 133 Å². The number of aliphatic hydroxyl groups is 1. The normalized spacial score (nSPS) is 22.2. The van der Waals surface area contributed by atoms with E-state index in [1.807, 2.05) is 0 Å². The fourth-order valence-electron chi connectivity index (χ4n) is 2.73. The molecule has 2 unspecified atom stereocenters. The van der Waals surface area contributed by atoms with Crippen LogP contribution in [0.4, 0.5) is 4.39 Å². The molecule has 1 heterocycles. The summed E-state index contributed by atoms with van der Waals surface area (Å²) >= 11 is 3.25. The summed E-state index contributed by atoms with van der Waals surface area (Å²) in [5.74, 6) is -0.251. The number of sulfonamides is 1. The Morgan fingerprint density at radius 1 is 1.52 bits per heavy atom. The van der Waals surface area contributed by atoms with Gasteiger partial charge in [0.05, 0.1) is 12.4 Å². The molecule has 2 rings (SSSR count). The highest BCUT2D eigenvalue weighted by Crippen LogP contribution is 2.32. The molecule has 0 bridgehead atoms.